The van der Waals surface area contributed by atoms with Gasteiger partial charge >= 0.3 is 0 Å². The van der Waals surface area contributed by atoms with E-state index in [1.165, 1.54) is 5.56 Å². The van der Waals surface area contributed by atoms with Crippen molar-refractivity contribution < 1.29 is 4.92 Å². The Bertz CT molecular complexity index is 831. The molecule has 2 aliphatic rings. The third kappa shape index (κ3) is 1.74. The van der Waals surface area contributed by atoms with Gasteiger partial charge in [-0.25, -0.2) is 0 Å². The van der Waals surface area contributed by atoms with Gasteiger partial charge in [0, 0.05) is 0 Å². The van der Waals surface area contributed by atoms with Crippen molar-refractivity contribution in [2.24, 2.45) is 0 Å². The third-order valence-corrected chi connectivity index (χ3v) is 4.26. The van der Waals surface area contributed by atoms with Crippen LogP contribution in [0.2, 0.25) is 0 Å². The van der Waals surface area contributed by atoms with Crippen LogP contribution in [0.4, 0.5) is 0 Å². The maximum Gasteiger partial charge on any atom is 0.258 e. The first-order valence-electron chi connectivity index (χ1n) is 7.00. The second-order valence-electron chi connectivity index (χ2n) is 5.39. The van der Waals surface area contributed by atoms with Crippen LogP contribution in [0.1, 0.15) is 22.3 Å². The van der Waals surface area contributed by atoms with E-state index in [2.05, 4.69) is 18.2 Å². The van der Waals surface area contributed by atoms with Crippen molar-refractivity contribution in [1.82, 2.24) is 0 Å². The van der Waals surface area contributed by atoms with E-state index in [9.17, 15) is 10.1 Å². The standard InChI is InChI=1S/C18H13NO2/c20-19(21)17-11-13-6-2-4-8-15(13)18(17)16-10-9-12-5-1-3-7-14(12)16/h1-8,10H,9,11H2. The molecule has 3 heteroatoms. The molecule has 102 valence electrons. The summed E-state index contributed by atoms with van der Waals surface area (Å²) in [5, 5.41) is 11.5. The lowest BCUT2D eigenvalue weighted by molar-refractivity contribution is -0.425. The van der Waals surface area contributed by atoms with Gasteiger partial charge in [0.25, 0.3) is 5.70 Å². The number of benzene rings is 2. The van der Waals surface area contributed by atoms with E-state index in [1.54, 1.807) is 0 Å². The fourth-order valence-electron chi connectivity index (χ4n) is 3.32. The topological polar surface area (TPSA) is 43.1 Å². The Labute approximate surface area is 122 Å². The zero-order valence-electron chi connectivity index (χ0n) is 11.4. The smallest absolute Gasteiger partial charge is 0.258 e. The van der Waals surface area contributed by atoms with Crippen molar-refractivity contribution in [3.8, 4) is 0 Å². The van der Waals surface area contributed by atoms with Crippen LogP contribution in [-0.4, -0.2) is 4.92 Å². The van der Waals surface area contributed by atoms with Crippen LogP contribution < -0.4 is 0 Å². The Kier molecular flexibility index (Phi) is 2.54. The Morgan fingerprint density at radius 3 is 2.33 bits per heavy atom. The second kappa shape index (κ2) is 4.42. The van der Waals surface area contributed by atoms with Crippen molar-refractivity contribution >= 4 is 11.1 Å². The Hall–Kier alpha value is -2.68. The SMILES string of the molecule is O=[N+]([O-])C1=C(C2=CCc3ccccc32)c2ccccc2C1. The molecule has 0 unspecified atom stereocenters. The molecule has 0 bridgehead atoms. The van der Waals surface area contributed by atoms with Gasteiger partial charge in [-0.15, -0.1) is 0 Å². The van der Waals surface area contributed by atoms with Gasteiger partial charge in [0.05, 0.1) is 16.9 Å². The molecule has 2 aromatic carbocycles. The molecular weight excluding hydrogens is 262 g/mol. The predicted octanol–water partition coefficient (Wildman–Crippen LogP) is 3.87. The summed E-state index contributed by atoms with van der Waals surface area (Å²) in [6.07, 6.45) is 3.38. The average Bonchev–Trinajstić information content (AvgIpc) is 3.07. The molecule has 21 heavy (non-hydrogen) atoms. The Morgan fingerprint density at radius 2 is 1.57 bits per heavy atom. The van der Waals surface area contributed by atoms with Crippen LogP contribution in [0.25, 0.3) is 11.1 Å². The predicted molar refractivity (Wildman–Crippen MR) is 82.2 cm³/mol. The second-order valence-corrected chi connectivity index (χ2v) is 5.39. The first kappa shape index (κ1) is 12.1. The molecular formula is C18H13NO2. The first-order chi connectivity index (χ1) is 10.3. The maximum absolute atomic E-state index is 11.5. The van der Waals surface area contributed by atoms with Crippen molar-refractivity contribution in [2.75, 3.05) is 0 Å². The number of hydrogen-bond donors (Lipinski definition) is 0. The number of fused-ring (bicyclic) bond motifs is 2. The molecule has 0 heterocycles. The molecule has 4 rings (SSSR count). The minimum Gasteiger partial charge on any atom is -0.259 e. The largest absolute Gasteiger partial charge is 0.259 e. The highest BCUT2D eigenvalue weighted by Gasteiger charge is 2.33. The Morgan fingerprint density at radius 1 is 0.905 bits per heavy atom. The summed E-state index contributed by atoms with van der Waals surface area (Å²) < 4.78 is 0. The molecule has 3 nitrogen and oxygen atoms in total. The molecule has 0 fully saturated rings. The maximum atomic E-state index is 11.5. The third-order valence-electron chi connectivity index (χ3n) is 4.26. The van der Waals surface area contributed by atoms with E-state index in [0.29, 0.717) is 12.1 Å². The van der Waals surface area contributed by atoms with Crippen molar-refractivity contribution in [2.45, 2.75) is 12.8 Å². The highest BCUT2D eigenvalue weighted by atomic mass is 16.6. The molecule has 0 saturated heterocycles. The highest BCUT2D eigenvalue weighted by Crippen LogP contribution is 2.44. The molecule has 0 atom stereocenters. The summed E-state index contributed by atoms with van der Waals surface area (Å²) in [5.74, 6) is 0. The molecule has 0 saturated carbocycles. The summed E-state index contributed by atoms with van der Waals surface area (Å²) in [4.78, 5) is 11.2. The fraction of sp³-hybridized carbons (Fsp3) is 0.111. The summed E-state index contributed by atoms with van der Waals surface area (Å²) in [6.45, 7) is 0. The number of allylic oxidation sites excluding steroid dienone is 4. The van der Waals surface area contributed by atoms with Gasteiger partial charge in [0.15, 0.2) is 0 Å². The van der Waals surface area contributed by atoms with Crippen molar-refractivity contribution in [1.29, 1.82) is 0 Å². The van der Waals surface area contributed by atoms with Gasteiger partial charge in [0.1, 0.15) is 0 Å². The van der Waals surface area contributed by atoms with Gasteiger partial charge in [-0.2, -0.15) is 0 Å². The zero-order valence-corrected chi connectivity index (χ0v) is 11.4. The van der Waals surface area contributed by atoms with Crippen LogP contribution in [0.3, 0.4) is 0 Å². The summed E-state index contributed by atoms with van der Waals surface area (Å²) in [7, 11) is 0. The van der Waals surface area contributed by atoms with Crippen LogP contribution >= 0.6 is 0 Å². The van der Waals surface area contributed by atoms with E-state index >= 15 is 0 Å². The van der Waals surface area contributed by atoms with Crippen LogP contribution in [0, 0.1) is 10.1 Å². The van der Waals surface area contributed by atoms with Gasteiger partial charge in [-0.05, 0) is 34.2 Å². The highest BCUT2D eigenvalue weighted by molar-refractivity contribution is 6.09. The van der Waals surface area contributed by atoms with E-state index in [1.807, 2.05) is 36.4 Å². The quantitative estimate of drug-likeness (QED) is 0.616. The van der Waals surface area contributed by atoms with E-state index in [4.69, 9.17) is 0 Å². The van der Waals surface area contributed by atoms with E-state index in [-0.39, 0.29) is 4.92 Å². The average molecular weight is 275 g/mol. The summed E-state index contributed by atoms with van der Waals surface area (Å²) >= 11 is 0. The van der Waals surface area contributed by atoms with Crippen LogP contribution in [0.5, 0.6) is 0 Å². The minimum absolute atomic E-state index is 0.225. The molecule has 0 aromatic heterocycles. The molecule has 0 N–H and O–H groups in total. The number of hydrogen-bond acceptors (Lipinski definition) is 2. The molecule has 0 aliphatic heterocycles. The number of nitrogens with zero attached hydrogens (tertiary/aromatic N) is 1. The fourth-order valence-corrected chi connectivity index (χ4v) is 3.32. The summed E-state index contributed by atoms with van der Waals surface area (Å²) in [5.41, 5.74) is 6.56. The number of rotatable bonds is 2. The lowest BCUT2D eigenvalue weighted by Crippen LogP contribution is -2.00. The molecule has 0 spiro atoms. The van der Waals surface area contributed by atoms with Crippen molar-refractivity contribution in [3.05, 3.63) is 92.7 Å². The lowest BCUT2D eigenvalue weighted by Gasteiger charge is -2.08. The molecule has 2 aliphatic carbocycles. The van der Waals surface area contributed by atoms with Crippen LogP contribution in [-0.2, 0) is 12.8 Å². The monoisotopic (exact) mass is 275 g/mol. The normalized spacial score (nSPS) is 15.7. The van der Waals surface area contributed by atoms with Crippen LogP contribution in [0.15, 0.2) is 60.3 Å². The Balaban J connectivity index is 1.94. The van der Waals surface area contributed by atoms with Gasteiger partial charge in [-0.3, -0.25) is 10.1 Å². The molecule has 0 amide bonds. The van der Waals surface area contributed by atoms with Gasteiger partial charge in [0.2, 0.25) is 0 Å². The summed E-state index contributed by atoms with van der Waals surface area (Å²) in [6, 6.07) is 16.0. The van der Waals surface area contributed by atoms with Gasteiger partial charge < -0.3 is 0 Å². The number of nitro groups is 1. The molecule has 0 radical (unpaired) electrons. The lowest BCUT2D eigenvalue weighted by atomic mass is 9.94. The molecule has 2 aromatic rings. The minimum atomic E-state index is -0.225. The van der Waals surface area contributed by atoms with E-state index < -0.39 is 0 Å². The van der Waals surface area contributed by atoms with Crippen molar-refractivity contribution in [3.63, 3.8) is 0 Å². The van der Waals surface area contributed by atoms with E-state index in [0.717, 1.165) is 34.3 Å². The van der Waals surface area contributed by atoms with Gasteiger partial charge in [-0.1, -0.05) is 54.6 Å². The zero-order chi connectivity index (χ0) is 14.4. The first-order valence-corrected chi connectivity index (χ1v) is 7.00.